The maximum Gasteiger partial charge on any atom is 0.267 e. The van der Waals surface area contributed by atoms with E-state index in [4.69, 9.17) is 0 Å². The van der Waals surface area contributed by atoms with Crippen molar-refractivity contribution >= 4 is 5.91 Å². The third-order valence-electron chi connectivity index (χ3n) is 5.35. The first-order valence-corrected chi connectivity index (χ1v) is 8.79. The molecule has 2 saturated heterocycles. The van der Waals surface area contributed by atoms with Gasteiger partial charge in [0, 0.05) is 51.1 Å². The summed E-state index contributed by atoms with van der Waals surface area (Å²) < 4.78 is 1.66. The summed E-state index contributed by atoms with van der Waals surface area (Å²) >= 11 is 0. The first-order valence-electron chi connectivity index (χ1n) is 8.79. The molecule has 4 rings (SSSR count). The average molecular weight is 316 g/mol. The Labute approximate surface area is 136 Å². The fraction of sp³-hybridized carbons (Fsp3) is 0.706. The van der Waals surface area contributed by atoms with Crippen molar-refractivity contribution in [2.24, 2.45) is 5.92 Å². The first-order chi connectivity index (χ1) is 11.2. The second kappa shape index (κ2) is 6.07. The molecule has 124 valence electrons. The van der Waals surface area contributed by atoms with Crippen LogP contribution < -0.4 is 5.56 Å². The lowest BCUT2D eigenvalue weighted by Gasteiger charge is -2.40. The van der Waals surface area contributed by atoms with E-state index in [9.17, 15) is 9.59 Å². The zero-order valence-corrected chi connectivity index (χ0v) is 13.5. The largest absolute Gasteiger partial charge is 0.341 e. The molecule has 0 radical (unpaired) electrons. The third-order valence-corrected chi connectivity index (χ3v) is 5.35. The van der Waals surface area contributed by atoms with E-state index in [0.29, 0.717) is 11.8 Å². The summed E-state index contributed by atoms with van der Waals surface area (Å²) in [6.45, 7) is 5.47. The molecule has 0 aromatic carbocycles. The second-order valence-corrected chi connectivity index (χ2v) is 7.10. The number of rotatable bonds is 5. The van der Waals surface area contributed by atoms with Gasteiger partial charge in [-0.25, -0.2) is 4.68 Å². The summed E-state index contributed by atoms with van der Waals surface area (Å²) in [6.07, 6.45) is 4.86. The maximum absolute atomic E-state index is 12.1. The minimum Gasteiger partial charge on any atom is -0.341 e. The predicted octanol–water partition coefficient (Wildman–Crippen LogP) is 0.286. The van der Waals surface area contributed by atoms with Gasteiger partial charge in [0.05, 0.1) is 12.2 Å². The van der Waals surface area contributed by atoms with Crippen LogP contribution in [-0.4, -0.2) is 58.2 Å². The molecule has 1 amide bonds. The third kappa shape index (κ3) is 3.04. The van der Waals surface area contributed by atoms with Gasteiger partial charge in [0.1, 0.15) is 0 Å². The molecule has 0 atom stereocenters. The highest BCUT2D eigenvalue weighted by Crippen LogP contribution is 2.20. The van der Waals surface area contributed by atoms with Crippen LogP contribution in [0.25, 0.3) is 0 Å². The van der Waals surface area contributed by atoms with E-state index in [2.05, 4.69) is 10.00 Å². The zero-order valence-electron chi connectivity index (χ0n) is 13.5. The van der Waals surface area contributed by atoms with Gasteiger partial charge in [-0.05, 0) is 31.2 Å². The summed E-state index contributed by atoms with van der Waals surface area (Å²) in [5.74, 6) is 0.810. The highest BCUT2D eigenvalue weighted by Gasteiger charge is 2.29. The van der Waals surface area contributed by atoms with Crippen LogP contribution in [0.5, 0.6) is 0 Å². The molecular formula is C17H24N4O2. The Balaban J connectivity index is 1.26. The first kappa shape index (κ1) is 14.9. The number of carbonyl (C=O) groups is 1. The van der Waals surface area contributed by atoms with E-state index < -0.39 is 0 Å². The fourth-order valence-corrected chi connectivity index (χ4v) is 3.99. The molecule has 1 aromatic heterocycles. The highest BCUT2D eigenvalue weighted by atomic mass is 16.2. The number of hydrogen-bond donors (Lipinski definition) is 0. The number of hydrogen-bond acceptors (Lipinski definition) is 4. The highest BCUT2D eigenvalue weighted by molar-refractivity contribution is 5.78. The van der Waals surface area contributed by atoms with E-state index in [-0.39, 0.29) is 5.56 Å². The van der Waals surface area contributed by atoms with Crippen molar-refractivity contribution in [2.75, 3.05) is 32.7 Å². The number of carbonyl (C=O) groups excluding carboxylic acids is 1. The topological polar surface area (TPSA) is 58.4 Å². The van der Waals surface area contributed by atoms with Gasteiger partial charge in [0.25, 0.3) is 5.56 Å². The number of nitrogens with zero attached hydrogens (tertiary/aromatic N) is 4. The lowest BCUT2D eigenvalue weighted by molar-refractivity contribution is -0.128. The Bertz CT molecular complexity index is 663. The standard InChI is InChI=1S/C17H24N4O2/c22-16-5-2-6-20(16)8-7-19-10-13(11-19)12-21-17(23)9-14-3-1-4-15(14)18-21/h9,13H,1-8,10-12H2. The zero-order chi connectivity index (χ0) is 15.8. The summed E-state index contributed by atoms with van der Waals surface area (Å²) in [6, 6.07) is 1.78. The van der Waals surface area contributed by atoms with Gasteiger partial charge in [-0.3, -0.25) is 9.59 Å². The Morgan fingerprint density at radius 1 is 1.09 bits per heavy atom. The number of aryl methyl sites for hydroxylation is 2. The Morgan fingerprint density at radius 2 is 1.96 bits per heavy atom. The minimum atomic E-state index is 0.0479. The van der Waals surface area contributed by atoms with Crippen LogP contribution in [0.3, 0.4) is 0 Å². The maximum atomic E-state index is 12.1. The Hall–Kier alpha value is -1.69. The normalized spacial score (nSPS) is 21.7. The molecule has 0 unspecified atom stereocenters. The molecule has 3 heterocycles. The number of aromatic nitrogens is 2. The Kier molecular flexibility index (Phi) is 3.93. The predicted molar refractivity (Wildman–Crippen MR) is 86.3 cm³/mol. The van der Waals surface area contributed by atoms with Gasteiger partial charge in [-0.1, -0.05) is 0 Å². The lowest BCUT2D eigenvalue weighted by Crippen LogP contribution is -2.51. The number of likely N-dealkylation sites (tertiary alicyclic amines) is 2. The monoisotopic (exact) mass is 316 g/mol. The van der Waals surface area contributed by atoms with Crippen LogP contribution in [0, 0.1) is 5.92 Å². The van der Waals surface area contributed by atoms with Crippen LogP contribution in [0.15, 0.2) is 10.9 Å². The van der Waals surface area contributed by atoms with Crippen LogP contribution in [0.2, 0.25) is 0 Å². The molecule has 6 nitrogen and oxygen atoms in total. The van der Waals surface area contributed by atoms with Crippen LogP contribution in [0.1, 0.15) is 30.5 Å². The molecule has 2 fully saturated rings. The summed E-state index contributed by atoms with van der Waals surface area (Å²) in [5, 5.41) is 4.55. The van der Waals surface area contributed by atoms with Crippen molar-refractivity contribution in [2.45, 2.75) is 38.6 Å². The van der Waals surface area contributed by atoms with E-state index in [1.54, 1.807) is 10.7 Å². The fourth-order valence-electron chi connectivity index (χ4n) is 3.99. The van der Waals surface area contributed by atoms with Crippen molar-refractivity contribution in [3.05, 3.63) is 27.7 Å². The van der Waals surface area contributed by atoms with Crippen molar-refractivity contribution < 1.29 is 4.79 Å². The van der Waals surface area contributed by atoms with Crippen molar-refractivity contribution in [1.29, 1.82) is 0 Å². The molecule has 1 aliphatic carbocycles. The summed E-state index contributed by atoms with van der Waals surface area (Å²) in [5.41, 5.74) is 2.32. The van der Waals surface area contributed by atoms with E-state index >= 15 is 0 Å². The van der Waals surface area contributed by atoms with Gasteiger partial charge in [-0.2, -0.15) is 5.10 Å². The smallest absolute Gasteiger partial charge is 0.267 e. The van der Waals surface area contributed by atoms with Gasteiger partial charge in [0.2, 0.25) is 5.91 Å². The molecule has 2 aliphatic heterocycles. The summed E-state index contributed by atoms with van der Waals surface area (Å²) in [7, 11) is 0. The minimum absolute atomic E-state index is 0.0479. The Morgan fingerprint density at radius 3 is 2.74 bits per heavy atom. The molecule has 0 spiro atoms. The molecule has 0 saturated carbocycles. The molecule has 23 heavy (non-hydrogen) atoms. The van der Waals surface area contributed by atoms with Crippen molar-refractivity contribution in [3.63, 3.8) is 0 Å². The van der Waals surface area contributed by atoms with E-state index in [1.807, 2.05) is 4.90 Å². The molecule has 1 aromatic rings. The van der Waals surface area contributed by atoms with E-state index in [0.717, 1.165) is 82.6 Å². The van der Waals surface area contributed by atoms with Gasteiger partial charge >= 0.3 is 0 Å². The van der Waals surface area contributed by atoms with Crippen LogP contribution >= 0.6 is 0 Å². The molecule has 0 N–H and O–H groups in total. The quantitative estimate of drug-likeness (QED) is 0.783. The lowest BCUT2D eigenvalue weighted by atomic mass is 10.0. The molecular weight excluding hydrogens is 292 g/mol. The van der Waals surface area contributed by atoms with Gasteiger partial charge in [-0.15, -0.1) is 0 Å². The van der Waals surface area contributed by atoms with Crippen molar-refractivity contribution in [3.8, 4) is 0 Å². The average Bonchev–Trinajstić information content (AvgIpc) is 3.10. The van der Waals surface area contributed by atoms with E-state index in [1.165, 1.54) is 0 Å². The van der Waals surface area contributed by atoms with Crippen molar-refractivity contribution in [1.82, 2.24) is 19.6 Å². The van der Waals surface area contributed by atoms with Crippen LogP contribution in [-0.2, 0) is 24.2 Å². The number of fused-ring (bicyclic) bond motifs is 1. The molecule has 3 aliphatic rings. The molecule has 0 bridgehead atoms. The summed E-state index contributed by atoms with van der Waals surface area (Å²) in [4.78, 5) is 28.0. The van der Waals surface area contributed by atoms with Gasteiger partial charge < -0.3 is 9.80 Å². The van der Waals surface area contributed by atoms with Crippen LogP contribution in [0.4, 0.5) is 0 Å². The number of amides is 1. The SMILES string of the molecule is O=C1CCCN1CCN1CC(Cn2nc3c(cc2=O)CCC3)C1. The second-order valence-electron chi connectivity index (χ2n) is 7.10. The molecule has 6 heteroatoms. The van der Waals surface area contributed by atoms with Gasteiger partial charge in [0.15, 0.2) is 0 Å².